The Hall–Kier alpha value is -2.89. The number of carbonyl (C=O) groups is 2. The average Bonchev–Trinajstić information content (AvgIpc) is 2.50. The van der Waals surface area contributed by atoms with Crippen molar-refractivity contribution in [3.63, 3.8) is 0 Å². The largest absolute Gasteiger partial charge is 0.478 e. The molecule has 6 heteroatoms. The van der Waals surface area contributed by atoms with Gasteiger partial charge in [0, 0.05) is 24.5 Å². The SMILES string of the molecule is CCN(C(=O)c1ccncc1)c1ccc(C(=O)O)cc1N. The average molecular weight is 285 g/mol. The number of carboxylic acid groups (broad SMARTS) is 1. The molecule has 0 aliphatic heterocycles. The van der Waals surface area contributed by atoms with Crippen LogP contribution in [0.3, 0.4) is 0 Å². The molecule has 0 spiro atoms. The molecule has 6 nitrogen and oxygen atoms in total. The Kier molecular flexibility index (Phi) is 4.18. The third kappa shape index (κ3) is 3.00. The maximum atomic E-state index is 12.5. The van der Waals surface area contributed by atoms with Crippen LogP contribution in [0.4, 0.5) is 11.4 Å². The number of carboxylic acids is 1. The van der Waals surface area contributed by atoms with Gasteiger partial charge in [0.05, 0.1) is 16.9 Å². The molecule has 0 aliphatic rings. The van der Waals surface area contributed by atoms with Crippen LogP contribution in [-0.2, 0) is 0 Å². The molecule has 1 aromatic heterocycles. The van der Waals surface area contributed by atoms with Crippen LogP contribution in [-0.4, -0.2) is 28.5 Å². The standard InChI is InChI=1S/C15H15N3O3/c1-2-18(14(19)10-5-7-17-8-6-10)13-4-3-11(15(20)21)9-12(13)16/h3-9H,2,16H2,1H3,(H,20,21). The number of aromatic carboxylic acids is 1. The predicted octanol–water partition coefficient (Wildman–Crippen LogP) is 2.03. The van der Waals surface area contributed by atoms with Crippen LogP contribution in [0.25, 0.3) is 0 Å². The molecule has 1 amide bonds. The molecule has 2 rings (SSSR count). The summed E-state index contributed by atoms with van der Waals surface area (Å²) in [5.41, 5.74) is 7.20. The molecule has 0 saturated carbocycles. The Morgan fingerprint density at radius 3 is 2.38 bits per heavy atom. The number of hydrogen-bond donors (Lipinski definition) is 2. The van der Waals surface area contributed by atoms with Crippen LogP contribution in [0.5, 0.6) is 0 Å². The van der Waals surface area contributed by atoms with E-state index < -0.39 is 5.97 Å². The number of hydrogen-bond acceptors (Lipinski definition) is 4. The first kappa shape index (κ1) is 14.5. The van der Waals surface area contributed by atoms with Crippen molar-refractivity contribution in [1.29, 1.82) is 0 Å². The Labute approximate surface area is 121 Å². The quantitative estimate of drug-likeness (QED) is 0.838. The lowest BCUT2D eigenvalue weighted by Gasteiger charge is -2.22. The Morgan fingerprint density at radius 2 is 1.86 bits per heavy atom. The van der Waals surface area contributed by atoms with Gasteiger partial charge in [0.1, 0.15) is 0 Å². The van der Waals surface area contributed by atoms with E-state index in [4.69, 9.17) is 10.8 Å². The lowest BCUT2D eigenvalue weighted by Crippen LogP contribution is -2.31. The van der Waals surface area contributed by atoms with Gasteiger partial charge in [0.15, 0.2) is 0 Å². The van der Waals surface area contributed by atoms with E-state index in [0.29, 0.717) is 17.8 Å². The predicted molar refractivity (Wildman–Crippen MR) is 79.4 cm³/mol. The fourth-order valence-corrected chi connectivity index (χ4v) is 2.01. The van der Waals surface area contributed by atoms with Gasteiger partial charge < -0.3 is 15.7 Å². The summed E-state index contributed by atoms with van der Waals surface area (Å²) < 4.78 is 0. The van der Waals surface area contributed by atoms with E-state index in [9.17, 15) is 9.59 Å². The molecule has 0 radical (unpaired) electrons. The second-order valence-electron chi connectivity index (χ2n) is 4.36. The number of pyridine rings is 1. The highest BCUT2D eigenvalue weighted by Crippen LogP contribution is 2.25. The zero-order chi connectivity index (χ0) is 15.4. The number of nitrogen functional groups attached to an aromatic ring is 1. The maximum Gasteiger partial charge on any atom is 0.335 e. The minimum absolute atomic E-state index is 0.0867. The van der Waals surface area contributed by atoms with Crippen molar-refractivity contribution in [3.8, 4) is 0 Å². The number of nitrogens with zero attached hydrogens (tertiary/aromatic N) is 2. The normalized spacial score (nSPS) is 10.1. The second kappa shape index (κ2) is 6.04. The van der Waals surface area contributed by atoms with Crippen molar-refractivity contribution >= 4 is 23.3 Å². The zero-order valence-electron chi connectivity index (χ0n) is 11.5. The van der Waals surface area contributed by atoms with Crippen molar-refractivity contribution in [2.45, 2.75) is 6.92 Å². The van der Waals surface area contributed by atoms with E-state index in [2.05, 4.69) is 4.98 Å². The van der Waals surface area contributed by atoms with Crippen molar-refractivity contribution in [2.75, 3.05) is 17.2 Å². The van der Waals surface area contributed by atoms with Crippen molar-refractivity contribution < 1.29 is 14.7 Å². The fourth-order valence-electron chi connectivity index (χ4n) is 2.01. The fraction of sp³-hybridized carbons (Fsp3) is 0.133. The number of rotatable bonds is 4. The van der Waals surface area contributed by atoms with Gasteiger partial charge in [-0.3, -0.25) is 9.78 Å². The summed E-state index contributed by atoms with van der Waals surface area (Å²) in [6, 6.07) is 7.55. The molecule has 108 valence electrons. The lowest BCUT2D eigenvalue weighted by molar-refractivity contribution is 0.0697. The summed E-state index contributed by atoms with van der Waals surface area (Å²) in [7, 11) is 0. The van der Waals surface area contributed by atoms with Crippen molar-refractivity contribution in [3.05, 3.63) is 53.9 Å². The van der Waals surface area contributed by atoms with Gasteiger partial charge >= 0.3 is 5.97 Å². The highest BCUT2D eigenvalue weighted by atomic mass is 16.4. The summed E-state index contributed by atoms with van der Waals surface area (Å²) in [5.74, 6) is -1.27. The molecule has 1 aromatic carbocycles. The molecule has 0 atom stereocenters. The van der Waals surface area contributed by atoms with Gasteiger partial charge in [-0.05, 0) is 37.3 Å². The van der Waals surface area contributed by atoms with Crippen LogP contribution < -0.4 is 10.6 Å². The minimum Gasteiger partial charge on any atom is -0.478 e. The smallest absolute Gasteiger partial charge is 0.335 e. The van der Waals surface area contributed by atoms with Crippen molar-refractivity contribution in [1.82, 2.24) is 4.98 Å². The van der Waals surface area contributed by atoms with Crippen LogP contribution in [0.1, 0.15) is 27.6 Å². The third-order valence-electron chi connectivity index (χ3n) is 3.05. The molecule has 0 fully saturated rings. The lowest BCUT2D eigenvalue weighted by atomic mass is 10.1. The summed E-state index contributed by atoms with van der Waals surface area (Å²) in [5, 5.41) is 8.94. The van der Waals surface area contributed by atoms with Gasteiger partial charge in [-0.15, -0.1) is 0 Å². The van der Waals surface area contributed by atoms with E-state index in [0.717, 1.165) is 0 Å². The molecule has 0 unspecified atom stereocenters. The Bertz CT molecular complexity index is 671. The van der Waals surface area contributed by atoms with E-state index in [1.165, 1.54) is 29.4 Å². The number of carbonyl (C=O) groups excluding carboxylic acids is 1. The zero-order valence-corrected chi connectivity index (χ0v) is 11.5. The first-order chi connectivity index (χ1) is 10.0. The summed E-state index contributed by atoms with van der Waals surface area (Å²) in [6.45, 7) is 2.24. The van der Waals surface area contributed by atoms with Crippen molar-refractivity contribution in [2.24, 2.45) is 0 Å². The van der Waals surface area contributed by atoms with E-state index in [1.807, 2.05) is 6.92 Å². The number of nitrogens with two attached hydrogens (primary N) is 1. The number of benzene rings is 1. The maximum absolute atomic E-state index is 12.5. The molecule has 0 saturated heterocycles. The van der Waals surface area contributed by atoms with Gasteiger partial charge in [-0.25, -0.2) is 4.79 Å². The molecule has 3 N–H and O–H groups in total. The summed E-state index contributed by atoms with van der Waals surface area (Å²) >= 11 is 0. The Balaban J connectivity index is 2.38. The third-order valence-corrected chi connectivity index (χ3v) is 3.05. The highest BCUT2D eigenvalue weighted by molar-refractivity contribution is 6.07. The first-order valence-electron chi connectivity index (χ1n) is 6.39. The number of anilines is 2. The second-order valence-corrected chi connectivity index (χ2v) is 4.36. The van der Waals surface area contributed by atoms with E-state index in [-0.39, 0.29) is 17.2 Å². The van der Waals surface area contributed by atoms with E-state index >= 15 is 0 Å². The Morgan fingerprint density at radius 1 is 1.19 bits per heavy atom. The number of aromatic nitrogens is 1. The van der Waals surface area contributed by atoms with Crippen LogP contribution in [0.2, 0.25) is 0 Å². The van der Waals surface area contributed by atoms with Gasteiger partial charge in [0.25, 0.3) is 5.91 Å². The van der Waals surface area contributed by atoms with E-state index in [1.54, 1.807) is 18.2 Å². The molecule has 0 bridgehead atoms. The first-order valence-corrected chi connectivity index (χ1v) is 6.39. The minimum atomic E-state index is -1.06. The van der Waals surface area contributed by atoms with Gasteiger partial charge in [0.2, 0.25) is 0 Å². The monoisotopic (exact) mass is 285 g/mol. The molecule has 2 aromatic rings. The van der Waals surface area contributed by atoms with Crippen LogP contribution in [0, 0.1) is 0 Å². The summed E-state index contributed by atoms with van der Waals surface area (Å²) in [6.07, 6.45) is 3.08. The van der Waals surface area contributed by atoms with Gasteiger partial charge in [-0.1, -0.05) is 0 Å². The molecular weight excluding hydrogens is 270 g/mol. The van der Waals surface area contributed by atoms with Crippen LogP contribution >= 0.6 is 0 Å². The summed E-state index contributed by atoms with van der Waals surface area (Å²) in [4.78, 5) is 28.8. The molecule has 1 heterocycles. The topological polar surface area (TPSA) is 96.5 Å². The molecule has 0 aliphatic carbocycles. The molecule has 21 heavy (non-hydrogen) atoms. The molecular formula is C15H15N3O3. The van der Waals surface area contributed by atoms with Crippen LogP contribution in [0.15, 0.2) is 42.7 Å². The highest BCUT2D eigenvalue weighted by Gasteiger charge is 2.19. The van der Waals surface area contributed by atoms with Gasteiger partial charge in [-0.2, -0.15) is 0 Å². The number of amides is 1.